The quantitative estimate of drug-likeness (QED) is 0.746. The summed E-state index contributed by atoms with van der Waals surface area (Å²) in [5, 5.41) is 10.5. The van der Waals surface area contributed by atoms with Crippen LogP contribution in [0.5, 0.6) is 5.75 Å². The molecule has 0 unspecified atom stereocenters. The van der Waals surface area contributed by atoms with E-state index in [9.17, 15) is 9.90 Å². The van der Waals surface area contributed by atoms with Gasteiger partial charge in [0, 0.05) is 17.4 Å². The molecule has 0 saturated carbocycles. The summed E-state index contributed by atoms with van der Waals surface area (Å²) in [5.41, 5.74) is 2.19. The van der Waals surface area contributed by atoms with E-state index in [1.54, 1.807) is 6.07 Å². The summed E-state index contributed by atoms with van der Waals surface area (Å²) in [6.07, 6.45) is 4.84. The fourth-order valence-corrected chi connectivity index (χ4v) is 2.49. The van der Waals surface area contributed by atoms with Crippen molar-refractivity contribution < 1.29 is 14.3 Å². The van der Waals surface area contributed by atoms with Crippen molar-refractivity contribution in [3.63, 3.8) is 0 Å². The fourth-order valence-electron chi connectivity index (χ4n) is 2.49. The fraction of sp³-hybridized carbons (Fsp3) is 0.308. The molecule has 1 aromatic heterocycles. The molecule has 1 aromatic carbocycles. The van der Waals surface area contributed by atoms with Crippen LogP contribution in [0.15, 0.2) is 16.5 Å². The van der Waals surface area contributed by atoms with E-state index in [-0.39, 0.29) is 5.75 Å². The minimum atomic E-state index is 0.0386. The SMILES string of the molecule is O=Cc1c(O)ccc2oc3c(c12)CCCC3. The number of phenols is 1. The van der Waals surface area contributed by atoms with Gasteiger partial charge < -0.3 is 9.52 Å². The van der Waals surface area contributed by atoms with Crippen LogP contribution in [0.25, 0.3) is 11.0 Å². The molecule has 3 rings (SSSR count). The lowest BCUT2D eigenvalue weighted by molar-refractivity contribution is 0.112. The normalized spacial score (nSPS) is 15.0. The second-order valence-corrected chi connectivity index (χ2v) is 4.20. The number of aryl methyl sites for hydroxylation is 2. The predicted molar refractivity (Wildman–Crippen MR) is 59.9 cm³/mol. The summed E-state index contributed by atoms with van der Waals surface area (Å²) in [6.45, 7) is 0. The first-order valence-corrected chi connectivity index (χ1v) is 5.52. The Morgan fingerprint density at radius 3 is 2.88 bits per heavy atom. The number of carbonyl (C=O) groups excluding carboxylic acids is 1. The van der Waals surface area contributed by atoms with Crippen molar-refractivity contribution >= 4 is 17.3 Å². The Morgan fingerprint density at radius 1 is 1.25 bits per heavy atom. The van der Waals surface area contributed by atoms with Crippen molar-refractivity contribution in [3.8, 4) is 5.75 Å². The van der Waals surface area contributed by atoms with E-state index in [4.69, 9.17) is 4.42 Å². The van der Waals surface area contributed by atoms with Crippen LogP contribution in [-0.2, 0) is 12.8 Å². The lowest BCUT2D eigenvalue weighted by Crippen LogP contribution is -1.99. The number of hydrogen-bond acceptors (Lipinski definition) is 3. The molecule has 1 aliphatic rings. The minimum absolute atomic E-state index is 0.0386. The van der Waals surface area contributed by atoms with Crippen molar-refractivity contribution in [2.75, 3.05) is 0 Å². The Labute approximate surface area is 92.7 Å². The van der Waals surface area contributed by atoms with Crippen LogP contribution in [0, 0.1) is 0 Å². The molecule has 0 radical (unpaired) electrons. The average Bonchev–Trinajstić information content (AvgIpc) is 2.68. The zero-order valence-electron chi connectivity index (χ0n) is 8.82. The number of carbonyl (C=O) groups is 1. The zero-order valence-corrected chi connectivity index (χ0v) is 8.82. The molecule has 16 heavy (non-hydrogen) atoms. The standard InChI is InChI=1S/C13H12O3/c14-7-9-10(15)5-6-12-13(9)8-3-1-2-4-11(8)16-12/h5-7,15H,1-4H2. The Kier molecular flexibility index (Phi) is 1.99. The highest BCUT2D eigenvalue weighted by atomic mass is 16.3. The molecule has 0 bridgehead atoms. The third kappa shape index (κ3) is 1.18. The van der Waals surface area contributed by atoms with Gasteiger partial charge in [-0.25, -0.2) is 0 Å². The van der Waals surface area contributed by atoms with E-state index >= 15 is 0 Å². The molecule has 82 valence electrons. The van der Waals surface area contributed by atoms with E-state index in [1.807, 2.05) is 0 Å². The van der Waals surface area contributed by atoms with Crippen LogP contribution in [0.2, 0.25) is 0 Å². The first kappa shape index (κ1) is 9.46. The van der Waals surface area contributed by atoms with E-state index < -0.39 is 0 Å². The van der Waals surface area contributed by atoms with Gasteiger partial charge in [0.2, 0.25) is 0 Å². The lowest BCUT2D eigenvalue weighted by atomic mass is 9.94. The molecular weight excluding hydrogens is 204 g/mol. The Bertz CT molecular complexity index is 566. The van der Waals surface area contributed by atoms with E-state index in [1.165, 1.54) is 6.07 Å². The third-order valence-corrected chi connectivity index (χ3v) is 3.25. The van der Waals surface area contributed by atoms with Crippen molar-refractivity contribution in [3.05, 3.63) is 29.0 Å². The predicted octanol–water partition coefficient (Wildman–Crippen LogP) is 2.83. The van der Waals surface area contributed by atoms with Crippen LogP contribution in [0.1, 0.15) is 34.5 Å². The number of aromatic hydroxyl groups is 1. The van der Waals surface area contributed by atoms with Crippen LogP contribution in [-0.4, -0.2) is 11.4 Å². The van der Waals surface area contributed by atoms with Gasteiger partial charge in [0.25, 0.3) is 0 Å². The molecule has 0 spiro atoms. The van der Waals surface area contributed by atoms with Crippen molar-refractivity contribution in [1.82, 2.24) is 0 Å². The molecular formula is C13H12O3. The van der Waals surface area contributed by atoms with Crippen LogP contribution < -0.4 is 0 Å². The highest BCUT2D eigenvalue weighted by Gasteiger charge is 2.21. The maximum absolute atomic E-state index is 11.0. The summed E-state index contributed by atoms with van der Waals surface area (Å²) in [5.74, 6) is 1.02. The van der Waals surface area contributed by atoms with E-state index in [0.29, 0.717) is 17.4 Å². The molecule has 0 fully saturated rings. The van der Waals surface area contributed by atoms with Gasteiger partial charge >= 0.3 is 0 Å². The minimum Gasteiger partial charge on any atom is -0.507 e. The van der Waals surface area contributed by atoms with Crippen LogP contribution >= 0.6 is 0 Å². The van der Waals surface area contributed by atoms with Gasteiger partial charge in [-0.1, -0.05) is 0 Å². The third-order valence-electron chi connectivity index (χ3n) is 3.25. The van der Waals surface area contributed by atoms with Gasteiger partial charge in [-0.2, -0.15) is 0 Å². The second-order valence-electron chi connectivity index (χ2n) is 4.20. The van der Waals surface area contributed by atoms with Gasteiger partial charge in [0.05, 0.1) is 5.56 Å². The highest BCUT2D eigenvalue weighted by Crippen LogP contribution is 2.36. The maximum Gasteiger partial charge on any atom is 0.154 e. The molecule has 0 atom stereocenters. The summed E-state index contributed by atoms with van der Waals surface area (Å²) in [7, 11) is 0. The molecule has 3 nitrogen and oxygen atoms in total. The van der Waals surface area contributed by atoms with Gasteiger partial charge in [-0.05, 0) is 31.4 Å². The summed E-state index contributed by atoms with van der Waals surface area (Å²) in [4.78, 5) is 11.0. The Hall–Kier alpha value is -1.77. The molecule has 3 heteroatoms. The number of phenolic OH excluding ortho intramolecular Hbond substituents is 1. The van der Waals surface area contributed by atoms with Gasteiger partial charge in [-0.15, -0.1) is 0 Å². The van der Waals surface area contributed by atoms with E-state index in [2.05, 4.69) is 0 Å². The van der Waals surface area contributed by atoms with Gasteiger partial charge in [-0.3, -0.25) is 4.79 Å². The monoisotopic (exact) mass is 216 g/mol. The first-order chi connectivity index (χ1) is 7.81. The molecule has 0 amide bonds. The molecule has 0 saturated heterocycles. The second kappa shape index (κ2) is 3.37. The number of rotatable bonds is 1. The topological polar surface area (TPSA) is 50.4 Å². The van der Waals surface area contributed by atoms with Gasteiger partial charge in [0.1, 0.15) is 17.1 Å². The number of aldehydes is 1. The lowest BCUT2D eigenvalue weighted by Gasteiger charge is -2.09. The van der Waals surface area contributed by atoms with Crippen LogP contribution in [0.3, 0.4) is 0 Å². The Morgan fingerprint density at radius 2 is 2.06 bits per heavy atom. The number of benzene rings is 1. The number of furan rings is 1. The van der Waals surface area contributed by atoms with Crippen molar-refractivity contribution in [2.45, 2.75) is 25.7 Å². The summed E-state index contributed by atoms with van der Waals surface area (Å²) in [6, 6.07) is 3.25. The van der Waals surface area contributed by atoms with Crippen molar-refractivity contribution in [1.29, 1.82) is 0 Å². The average molecular weight is 216 g/mol. The number of hydrogen-bond donors (Lipinski definition) is 1. The molecule has 1 heterocycles. The summed E-state index contributed by atoms with van der Waals surface area (Å²) >= 11 is 0. The molecule has 2 aromatic rings. The molecule has 0 aliphatic heterocycles. The smallest absolute Gasteiger partial charge is 0.154 e. The first-order valence-electron chi connectivity index (χ1n) is 5.52. The zero-order chi connectivity index (χ0) is 11.1. The van der Waals surface area contributed by atoms with Crippen molar-refractivity contribution in [2.24, 2.45) is 0 Å². The highest BCUT2D eigenvalue weighted by molar-refractivity contribution is 6.01. The Balaban J connectivity index is 2.40. The largest absolute Gasteiger partial charge is 0.507 e. The van der Waals surface area contributed by atoms with E-state index in [0.717, 1.165) is 42.4 Å². The summed E-state index contributed by atoms with van der Waals surface area (Å²) < 4.78 is 5.72. The number of fused-ring (bicyclic) bond motifs is 3. The maximum atomic E-state index is 11.0. The van der Waals surface area contributed by atoms with Crippen LogP contribution in [0.4, 0.5) is 0 Å². The van der Waals surface area contributed by atoms with Gasteiger partial charge in [0.15, 0.2) is 6.29 Å². The molecule has 1 N–H and O–H groups in total. The molecule has 1 aliphatic carbocycles.